The molecule has 13 heavy (non-hydrogen) atoms. The van der Waals surface area contributed by atoms with Crippen molar-refractivity contribution in [2.45, 2.75) is 19.5 Å². The molecule has 0 aromatic heterocycles. The molecule has 0 bridgehead atoms. The van der Waals surface area contributed by atoms with Gasteiger partial charge in [0.15, 0.2) is 0 Å². The van der Waals surface area contributed by atoms with Crippen molar-refractivity contribution in [2.24, 2.45) is 0 Å². The fourth-order valence-electron chi connectivity index (χ4n) is 0.937. The SMILES string of the molecule is FC(F)CCOCc1ccccc1. The zero-order valence-electron chi connectivity index (χ0n) is 7.25. The molecule has 3 heteroatoms. The van der Waals surface area contributed by atoms with Crippen molar-refractivity contribution in [3.63, 3.8) is 0 Å². The van der Waals surface area contributed by atoms with Gasteiger partial charge in [-0.05, 0) is 5.56 Å². The molecule has 1 aromatic rings. The van der Waals surface area contributed by atoms with Crippen molar-refractivity contribution in [3.05, 3.63) is 35.9 Å². The number of halogens is 2. The van der Waals surface area contributed by atoms with E-state index >= 15 is 0 Å². The van der Waals surface area contributed by atoms with Crippen LogP contribution in [0.1, 0.15) is 12.0 Å². The topological polar surface area (TPSA) is 9.23 Å². The molecule has 1 nitrogen and oxygen atoms in total. The standard InChI is InChI=1S/C10H12F2O/c11-10(12)6-7-13-8-9-4-2-1-3-5-9/h1-5,10H,6-8H2. The summed E-state index contributed by atoms with van der Waals surface area (Å²) in [7, 11) is 0. The highest BCUT2D eigenvalue weighted by Crippen LogP contribution is 2.03. The Labute approximate surface area is 76.3 Å². The molecule has 0 unspecified atom stereocenters. The Balaban J connectivity index is 2.13. The van der Waals surface area contributed by atoms with E-state index in [9.17, 15) is 8.78 Å². The highest BCUT2D eigenvalue weighted by atomic mass is 19.3. The van der Waals surface area contributed by atoms with Crippen molar-refractivity contribution < 1.29 is 13.5 Å². The van der Waals surface area contributed by atoms with Gasteiger partial charge in [0.2, 0.25) is 6.43 Å². The van der Waals surface area contributed by atoms with Gasteiger partial charge in [-0.2, -0.15) is 0 Å². The van der Waals surface area contributed by atoms with Gasteiger partial charge in [0, 0.05) is 6.42 Å². The highest BCUT2D eigenvalue weighted by molar-refractivity contribution is 5.13. The lowest BCUT2D eigenvalue weighted by molar-refractivity contribution is 0.0595. The lowest BCUT2D eigenvalue weighted by Gasteiger charge is -2.03. The zero-order chi connectivity index (χ0) is 9.52. The van der Waals surface area contributed by atoms with Crippen LogP contribution in [0, 0.1) is 0 Å². The van der Waals surface area contributed by atoms with Crippen molar-refractivity contribution >= 4 is 0 Å². The van der Waals surface area contributed by atoms with Crippen LogP contribution in [0.15, 0.2) is 30.3 Å². The van der Waals surface area contributed by atoms with Crippen LogP contribution in [0.25, 0.3) is 0 Å². The molecule has 0 spiro atoms. The normalized spacial score (nSPS) is 10.7. The Morgan fingerprint density at radius 2 is 1.85 bits per heavy atom. The van der Waals surface area contributed by atoms with Gasteiger partial charge >= 0.3 is 0 Å². The Kier molecular flexibility index (Phi) is 4.40. The summed E-state index contributed by atoms with van der Waals surface area (Å²) in [6.07, 6.45) is -2.46. The molecule has 0 aliphatic rings. The molecular formula is C10H12F2O. The smallest absolute Gasteiger partial charge is 0.240 e. The molecule has 1 aromatic carbocycles. The molecule has 72 valence electrons. The Morgan fingerprint density at radius 3 is 2.46 bits per heavy atom. The van der Waals surface area contributed by atoms with Crippen LogP contribution in [0.5, 0.6) is 0 Å². The van der Waals surface area contributed by atoms with Gasteiger partial charge in [0.25, 0.3) is 0 Å². The number of hydrogen-bond donors (Lipinski definition) is 0. The van der Waals surface area contributed by atoms with Crippen LogP contribution in [0.4, 0.5) is 8.78 Å². The van der Waals surface area contributed by atoms with E-state index in [0.29, 0.717) is 6.61 Å². The minimum absolute atomic E-state index is 0.118. The van der Waals surface area contributed by atoms with Crippen LogP contribution in [-0.2, 0) is 11.3 Å². The zero-order valence-corrected chi connectivity index (χ0v) is 7.25. The summed E-state index contributed by atoms with van der Waals surface area (Å²) in [5, 5.41) is 0. The Hall–Kier alpha value is -0.960. The second kappa shape index (κ2) is 5.65. The van der Waals surface area contributed by atoms with Crippen LogP contribution in [0.3, 0.4) is 0 Å². The number of hydrogen-bond acceptors (Lipinski definition) is 1. The molecule has 0 fully saturated rings. The fourth-order valence-corrected chi connectivity index (χ4v) is 0.937. The number of ether oxygens (including phenoxy) is 1. The molecule has 0 aliphatic carbocycles. The third-order valence-electron chi connectivity index (χ3n) is 1.59. The molecular weight excluding hydrogens is 174 g/mol. The van der Waals surface area contributed by atoms with E-state index in [1.807, 2.05) is 30.3 Å². The number of rotatable bonds is 5. The number of alkyl halides is 2. The van der Waals surface area contributed by atoms with Gasteiger partial charge in [0.05, 0.1) is 13.2 Å². The van der Waals surface area contributed by atoms with Crippen LogP contribution < -0.4 is 0 Å². The van der Waals surface area contributed by atoms with E-state index in [-0.39, 0.29) is 13.0 Å². The van der Waals surface area contributed by atoms with Crippen molar-refractivity contribution in [1.82, 2.24) is 0 Å². The van der Waals surface area contributed by atoms with E-state index in [0.717, 1.165) is 5.56 Å². The summed E-state index contributed by atoms with van der Waals surface area (Å²) in [6, 6.07) is 9.50. The first-order valence-electron chi connectivity index (χ1n) is 4.19. The predicted molar refractivity (Wildman–Crippen MR) is 46.7 cm³/mol. The van der Waals surface area contributed by atoms with E-state index in [2.05, 4.69) is 0 Å². The summed E-state index contributed by atoms with van der Waals surface area (Å²) in [5.41, 5.74) is 1.01. The average molecular weight is 186 g/mol. The fraction of sp³-hybridized carbons (Fsp3) is 0.400. The second-order valence-corrected chi connectivity index (χ2v) is 2.72. The minimum Gasteiger partial charge on any atom is -0.377 e. The van der Waals surface area contributed by atoms with E-state index in [4.69, 9.17) is 4.74 Å². The first-order valence-corrected chi connectivity index (χ1v) is 4.19. The molecule has 0 amide bonds. The molecule has 0 saturated carbocycles. The molecule has 1 rings (SSSR count). The predicted octanol–water partition coefficient (Wildman–Crippen LogP) is 2.86. The Bertz CT molecular complexity index is 224. The molecule has 0 atom stereocenters. The van der Waals surface area contributed by atoms with Gasteiger partial charge in [-0.25, -0.2) is 8.78 Å². The lowest BCUT2D eigenvalue weighted by atomic mass is 10.2. The van der Waals surface area contributed by atoms with Crippen LogP contribution in [-0.4, -0.2) is 13.0 Å². The maximum Gasteiger partial charge on any atom is 0.240 e. The second-order valence-electron chi connectivity index (χ2n) is 2.72. The largest absolute Gasteiger partial charge is 0.377 e. The van der Waals surface area contributed by atoms with Crippen LogP contribution >= 0.6 is 0 Å². The van der Waals surface area contributed by atoms with Crippen molar-refractivity contribution in [2.75, 3.05) is 6.61 Å². The van der Waals surface area contributed by atoms with E-state index in [1.54, 1.807) is 0 Å². The highest BCUT2D eigenvalue weighted by Gasteiger charge is 2.01. The summed E-state index contributed by atoms with van der Waals surface area (Å²) in [4.78, 5) is 0. The minimum atomic E-state index is -2.27. The summed E-state index contributed by atoms with van der Waals surface area (Å²) in [5.74, 6) is 0. The van der Waals surface area contributed by atoms with E-state index in [1.165, 1.54) is 0 Å². The number of benzene rings is 1. The van der Waals surface area contributed by atoms with Gasteiger partial charge in [0.1, 0.15) is 0 Å². The van der Waals surface area contributed by atoms with Gasteiger partial charge in [-0.15, -0.1) is 0 Å². The molecule has 0 N–H and O–H groups in total. The third-order valence-corrected chi connectivity index (χ3v) is 1.59. The average Bonchev–Trinajstić information content (AvgIpc) is 2.14. The monoisotopic (exact) mass is 186 g/mol. The molecule has 0 saturated heterocycles. The maximum atomic E-state index is 11.7. The first kappa shape index (κ1) is 10.1. The van der Waals surface area contributed by atoms with E-state index < -0.39 is 6.43 Å². The van der Waals surface area contributed by atoms with Gasteiger partial charge in [-0.1, -0.05) is 30.3 Å². The van der Waals surface area contributed by atoms with Gasteiger partial charge in [-0.3, -0.25) is 0 Å². The molecule has 0 aliphatic heterocycles. The van der Waals surface area contributed by atoms with Crippen LogP contribution in [0.2, 0.25) is 0 Å². The molecule has 0 heterocycles. The summed E-state index contributed by atoms with van der Waals surface area (Å²) in [6.45, 7) is 0.528. The molecule has 0 radical (unpaired) electrons. The Morgan fingerprint density at radius 1 is 1.15 bits per heavy atom. The van der Waals surface area contributed by atoms with Gasteiger partial charge < -0.3 is 4.74 Å². The lowest BCUT2D eigenvalue weighted by Crippen LogP contribution is -2.00. The quantitative estimate of drug-likeness (QED) is 0.642. The van der Waals surface area contributed by atoms with Crippen molar-refractivity contribution in [1.29, 1.82) is 0 Å². The summed E-state index contributed by atoms with van der Waals surface area (Å²) < 4.78 is 28.4. The third kappa shape index (κ3) is 4.58. The summed E-state index contributed by atoms with van der Waals surface area (Å²) >= 11 is 0. The van der Waals surface area contributed by atoms with Crippen molar-refractivity contribution in [3.8, 4) is 0 Å². The first-order chi connectivity index (χ1) is 6.29. The maximum absolute atomic E-state index is 11.7.